The predicted molar refractivity (Wildman–Crippen MR) is 78.5 cm³/mol. The van der Waals surface area contributed by atoms with Crippen molar-refractivity contribution in [1.29, 1.82) is 0 Å². The van der Waals surface area contributed by atoms with Gasteiger partial charge in [0, 0.05) is 6.08 Å². The van der Waals surface area contributed by atoms with Crippen LogP contribution in [0.1, 0.15) is 19.8 Å². The highest BCUT2D eigenvalue weighted by Gasteiger charge is 2.46. The fourth-order valence-corrected chi connectivity index (χ4v) is 0.840. The van der Waals surface area contributed by atoms with E-state index in [9.17, 15) is 40.7 Å². The van der Waals surface area contributed by atoms with E-state index in [-0.39, 0.29) is 0 Å². The quantitative estimate of drug-likeness (QED) is 0.103. The summed E-state index contributed by atoms with van der Waals surface area (Å²) < 4.78 is 78.5. The molecule has 14 heteroatoms. The van der Waals surface area contributed by atoms with Crippen LogP contribution in [0.4, 0.5) is 26.3 Å². The van der Waals surface area contributed by atoms with Gasteiger partial charge < -0.3 is 9.47 Å². The van der Waals surface area contributed by atoms with Gasteiger partial charge in [-0.3, -0.25) is 4.79 Å². The average Bonchev–Trinajstić information content (AvgIpc) is 2.44. The number of hydrogen-bond acceptors (Lipinski definition) is 5. The molecule has 0 amide bonds. The van der Waals surface area contributed by atoms with Gasteiger partial charge in [-0.25, -0.2) is 9.59 Å². The maximum atomic E-state index is 12.0. The molecule has 0 saturated carbocycles. The minimum Gasteiger partial charge on any atom is -0.501 e. The zero-order valence-corrected chi connectivity index (χ0v) is 15.0. The van der Waals surface area contributed by atoms with E-state index in [0.717, 1.165) is 19.1 Å². The van der Waals surface area contributed by atoms with Gasteiger partial charge in [-0.05, 0) is 41.2 Å². The van der Waals surface area contributed by atoms with E-state index in [1.807, 2.05) is 6.92 Å². The largest absolute Gasteiger partial charge is 0.501 e. The molecule has 26 heavy (non-hydrogen) atoms. The summed E-state index contributed by atoms with van der Waals surface area (Å²) in [6.45, 7) is 2.37. The van der Waals surface area contributed by atoms with Crippen molar-refractivity contribution in [2.24, 2.45) is 0 Å². The molecule has 0 aliphatic carbocycles. The van der Waals surface area contributed by atoms with Crippen molar-refractivity contribution in [3.63, 3.8) is 0 Å². The molecule has 0 bridgehead atoms. The van der Waals surface area contributed by atoms with Crippen molar-refractivity contribution in [1.82, 2.24) is 0 Å². The molecular weight excluding hydrogens is 444 g/mol. The lowest BCUT2D eigenvalue weighted by molar-refractivity contribution is -0.180. The second-order valence-electron chi connectivity index (χ2n) is 4.06. The van der Waals surface area contributed by atoms with Crippen molar-refractivity contribution < 1.29 is 50.2 Å². The number of allylic oxidation sites excluding steroid dienone is 1. The first kappa shape index (κ1) is 27.0. The number of esters is 2. The molecule has 0 spiro atoms. The molecule has 0 atom stereocenters. The zero-order valence-electron chi connectivity index (χ0n) is 12.7. The molecule has 0 N–H and O–H groups in total. The first-order valence-corrected chi connectivity index (χ1v) is 7.46. The van der Waals surface area contributed by atoms with E-state index in [0.29, 0.717) is 12.7 Å². The number of hydrogen-bond donors (Lipinski definition) is 0. The molecule has 0 aliphatic rings. The van der Waals surface area contributed by atoms with Crippen LogP contribution in [0.25, 0.3) is 0 Å². The molecular formula is C12H11Cl3F6O5. The molecule has 0 aromatic rings. The first-order chi connectivity index (χ1) is 11.5. The van der Waals surface area contributed by atoms with Crippen LogP contribution in [0.15, 0.2) is 12.3 Å². The molecule has 0 aromatic carbocycles. The molecule has 0 radical (unpaired) electrons. The van der Waals surface area contributed by atoms with Gasteiger partial charge in [0.1, 0.15) is 0 Å². The van der Waals surface area contributed by atoms with Crippen molar-refractivity contribution in [2.75, 3.05) is 6.61 Å². The molecule has 0 fully saturated rings. The summed E-state index contributed by atoms with van der Waals surface area (Å²) in [5.41, 5.74) is 0. The molecule has 0 heterocycles. The zero-order chi connectivity index (χ0) is 21.2. The number of ketones is 1. The van der Waals surface area contributed by atoms with Crippen molar-refractivity contribution in [3.05, 3.63) is 12.3 Å². The third-order valence-corrected chi connectivity index (χ3v) is 2.35. The lowest BCUT2D eigenvalue weighted by Crippen LogP contribution is -2.33. The molecule has 0 saturated heterocycles. The van der Waals surface area contributed by atoms with Gasteiger partial charge in [-0.2, -0.15) is 26.3 Å². The summed E-state index contributed by atoms with van der Waals surface area (Å²) in [4.78, 5) is 30.5. The van der Waals surface area contributed by atoms with Gasteiger partial charge >= 0.3 is 28.1 Å². The van der Waals surface area contributed by atoms with Gasteiger partial charge in [-0.15, -0.1) is 0 Å². The fourth-order valence-electron chi connectivity index (χ4n) is 0.700. The first-order valence-electron chi connectivity index (χ1n) is 6.32. The number of alkyl halides is 9. The number of halogens is 9. The topological polar surface area (TPSA) is 69.7 Å². The van der Waals surface area contributed by atoms with E-state index in [4.69, 9.17) is 4.74 Å². The Morgan fingerprint density at radius 2 is 1.31 bits per heavy atom. The summed E-state index contributed by atoms with van der Waals surface area (Å²) in [5, 5.41) is -12.9. The summed E-state index contributed by atoms with van der Waals surface area (Å²) in [5.74, 6) is -6.69. The Bertz CT molecular complexity index is 487. The van der Waals surface area contributed by atoms with Gasteiger partial charge in [0.2, 0.25) is 5.78 Å². The second kappa shape index (κ2) is 11.5. The number of carbonyl (C=O) groups is 3. The molecule has 152 valence electrons. The highest BCUT2D eigenvalue weighted by molar-refractivity contribution is 6.34. The van der Waals surface area contributed by atoms with Crippen molar-refractivity contribution in [3.8, 4) is 0 Å². The minimum atomic E-state index is -4.54. The van der Waals surface area contributed by atoms with E-state index in [1.54, 1.807) is 0 Å². The monoisotopic (exact) mass is 454 g/mol. The van der Waals surface area contributed by atoms with Crippen LogP contribution in [0, 0.1) is 0 Å². The van der Waals surface area contributed by atoms with Gasteiger partial charge in [-0.1, -0.05) is 13.3 Å². The highest BCUT2D eigenvalue weighted by Crippen LogP contribution is 2.25. The minimum absolute atomic E-state index is 0.411. The Balaban J connectivity index is 0. The lowest BCUT2D eigenvalue weighted by atomic mass is 10.4. The molecule has 0 aliphatic heterocycles. The van der Waals surface area contributed by atoms with Crippen molar-refractivity contribution >= 4 is 52.5 Å². The predicted octanol–water partition coefficient (Wildman–Crippen LogP) is 4.44. The van der Waals surface area contributed by atoms with Crippen LogP contribution in [-0.4, -0.2) is 40.5 Å². The Morgan fingerprint density at radius 1 is 0.885 bits per heavy atom. The maximum Gasteiger partial charge on any atom is 0.418 e. The van der Waals surface area contributed by atoms with Crippen LogP contribution in [0.5, 0.6) is 0 Å². The third kappa shape index (κ3) is 14.0. The van der Waals surface area contributed by atoms with E-state index < -0.39 is 33.9 Å². The third-order valence-electron chi connectivity index (χ3n) is 1.86. The van der Waals surface area contributed by atoms with Gasteiger partial charge in [0.05, 0.1) is 12.9 Å². The Kier molecular flexibility index (Phi) is 12.0. The van der Waals surface area contributed by atoms with Gasteiger partial charge in [0.15, 0.2) is 0 Å². The number of rotatable bonds is 8. The van der Waals surface area contributed by atoms with E-state index >= 15 is 0 Å². The average molecular weight is 456 g/mol. The molecule has 0 rings (SSSR count). The summed E-state index contributed by atoms with van der Waals surface area (Å²) in [7, 11) is 0. The van der Waals surface area contributed by atoms with Crippen LogP contribution in [-0.2, 0) is 23.9 Å². The second-order valence-corrected chi connectivity index (χ2v) is 5.49. The number of ether oxygens (including phenoxy) is 2. The number of unbranched alkanes of at least 4 members (excludes halogenated alkanes) is 1. The van der Waals surface area contributed by atoms with Crippen LogP contribution < -0.4 is 0 Å². The van der Waals surface area contributed by atoms with Crippen LogP contribution in [0.2, 0.25) is 0 Å². The maximum absolute atomic E-state index is 12.0. The summed E-state index contributed by atoms with van der Waals surface area (Å²) in [6.07, 6.45) is 3.32. The number of carbonyl (C=O) groups excluding carboxylic acids is 3. The Hall–Kier alpha value is -1.20. The van der Waals surface area contributed by atoms with Crippen LogP contribution in [0.3, 0.4) is 0 Å². The Morgan fingerprint density at radius 3 is 1.62 bits per heavy atom. The lowest BCUT2D eigenvalue weighted by Gasteiger charge is -2.08. The van der Waals surface area contributed by atoms with E-state index in [1.165, 1.54) is 0 Å². The van der Waals surface area contributed by atoms with Crippen molar-refractivity contribution in [2.45, 2.75) is 35.9 Å². The molecule has 0 aromatic heterocycles. The SMILES string of the molecule is CCCCOC=CC(=O)C(F)(F)Cl.O=C(OC(=O)C(F)(F)Cl)C(F)(F)Cl. The fraction of sp³-hybridized carbons (Fsp3) is 0.583. The summed E-state index contributed by atoms with van der Waals surface area (Å²) in [6, 6.07) is 0. The van der Waals surface area contributed by atoms with Gasteiger partial charge in [0.25, 0.3) is 0 Å². The summed E-state index contributed by atoms with van der Waals surface area (Å²) >= 11 is 12.5. The molecule has 0 unspecified atom stereocenters. The molecule has 5 nitrogen and oxygen atoms in total. The van der Waals surface area contributed by atoms with Crippen LogP contribution >= 0.6 is 34.8 Å². The Labute approximate surface area is 158 Å². The highest BCUT2D eigenvalue weighted by atomic mass is 35.5. The normalized spacial score (nSPS) is 12.2. The standard InChI is InChI=1S/C8H11ClF2O2.C4Cl2F4O3/c1-2-3-5-13-6-4-7(12)8(9,10)11;5-3(7,8)1(11)13-2(12)4(6,9)10/h4,6H,2-3,5H2,1H3;. The van der Waals surface area contributed by atoms with E-state index in [2.05, 4.69) is 39.5 Å². The smallest absolute Gasteiger partial charge is 0.418 e.